The number of aromatic nitrogens is 3. The fourth-order valence-electron chi connectivity index (χ4n) is 2.03. The maximum atomic E-state index is 8.90. The Labute approximate surface area is 107 Å². The molecule has 2 rings (SSSR count). The third kappa shape index (κ3) is 2.75. The Morgan fingerprint density at radius 1 is 1.28 bits per heavy atom. The SMILES string of the molecule is CCc1c(C#N)nnn1CCCc1ccccc1. The number of nitrogens with zero attached hydrogens (tertiary/aromatic N) is 4. The number of aryl methyl sites for hydroxylation is 2. The Hall–Kier alpha value is -2.15. The summed E-state index contributed by atoms with van der Waals surface area (Å²) in [5, 5.41) is 16.8. The number of rotatable bonds is 5. The van der Waals surface area contributed by atoms with Crippen LogP contribution in [0.1, 0.15) is 30.3 Å². The van der Waals surface area contributed by atoms with E-state index in [1.807, 2.05) is 17.7 Å². The van der Waals surface area contributed by atoms with Crippen molar-refractivity contribution in [2.45, 2.75) is 32.7 Å². The van der Waals surface area contributed by atoms with Gasteiger partial charge in [0.05, 0.1) is 5.69 Å². The fourth-order valence-corrected chi connectivity index (χ4v) is 2.03. The Morgan fingerprint density at radius 3 is 2.72 bits per heavy atom. The van der Waals surface area contributed by atoms with Crippen molar-refractivity contribution >= 4 is 0 Å². The molecule has 0 atom stereocenters. The second kappa shape index (κ2) is 5.97. The number of benzene rings is 1. The van der Waals surface area contributed by atoms with Crippen LogP contribution in [0.2, 0.25) is 0 Å². The van der Waals surface area contributed by atoms with Crippen molar-refractivity contribution in [1.82, 2.24) is 15.0 Å². The summed E-state index contributed by atoms with van der Waals surface area (Å²) in [4.78, 5) is 0. The minimum absolute atomic E-state index is 0.456. The van der Waals surface area contributed by atoms with Gasteiger partial charge in [-0.25, -0.2) is 4.68 Å². The third-order valence-corrected chi connectivity index (χ3v) is 2.96. The van der Waals surface area contributed by atoms with Gasteiger partial charge >= 0.3 is 0 Å². The van der Waals surface area contributed by atoms with E-state index in [0.717, 1.165) is 31.5 Å². The van der Waals surface area contributed by atoms with Crippen LogP contribution >= 0.6 is 0 Å². The van der Waals surface area contributed by atoms with Crippen LogP contribution in [-0.4, -0.2) is 15.0 Å². The van der Waals surface area contributed by atoms with Crippen LogP contribution in [-0.2, 0) is 19.4 Å². The molecule has 4 nitrogen and oxygen atoms in total. The molecule has 0 bridgehead atoms. The molecule has 4 heteroatoms. The summed E-state index contributed by atoms with van der Waals surface area (Å²) in [7, 11) is 0. The van der Waals surface area contributed by atoms with Gasteiger partial charge in [-0.1, -0.05) is 42.5 Å². The van der Waals surface area contributed by atoms with Crippen LogP contribution in [0, 0.1) is 11.3 Å². The first kappa shape index (κ1) is 12.3. The lowest BCUT2D eigenvalue weighted by molar-refractivity contribution is 0.540. The van der Waals surface area contributed by atoms with E-state index in [4.69, 9.17) is 5.26 Å². The average Bonchev–Trinajstić information content (AvgIpc) is 2.82. The Balaban J connectivity index is 1.95. The maximum absolute atomic E-state index is 8.90. The molecule has 0 N–H and O–H groups in total. The zero-order valence-electron chi connectivity index (χ0n) is 10.5. The van der Waals surface area contributed by atoms with Crippen molar-refractivity contribution in [1.29, 1.82) is 5.26 Å². The van der Waals surface area contributed by atoms with Crippen molar-refractivity contribution in [2.75, 3.05) is 0 Å². The standard InChI is InChI=1S/C14H16N4/c1-2-14-13(11-15)16-17-18(14)10-6-9-12-7-4-3-5-8-12/h3-5,7-8H,2,6,9-10H2,1H3. The summed E-state index contributed by atoms with van der Waals surface area (Å²) in [5.74, 6) is 0. The zero-order chi connectivity index (χ0) is 12.8. The highest BCUT2D eigenvalue weighted by molar-refractivity contribution is 5.24. The largest absolute Gasteiger partial charge is 0.248 e. The van der Waals surface area contributed by atoms with Crippen LogP contribution in [0.15, 0.2) is 30.3 Å². The molecule has 2 aromatic rings. The normalized spacial score (nSPS) is 10.2. The lowest BCUT2D eigenvalue weighted by Crippen LogP contribution is -2.06. The predicted molar refractivity (Wildman–Crippen MR) is 68.9 cm³/mol. The molecule has 0 aliphatic carbocycles. The monoisotopic (exact) mass is 240 g/mol. The summed E-state index contributed by atoms with van der Waals surface area (Å²) in [6.07, 6.45) is 2.82. The van der Waals surface area contributed by atoms with E-state index in [9.17, 15) is 0 Å². The van der Waals surface area contributed by atoms with E-state index in [0.29, 0.717) is 5.69 Å². The van der Waals surface area contributed by atoms with Gasteiger partial charge in [0.25, 0.3) is 0 Å². The van der Waals surface area contributed by atoms with Crippen molar-refractivity contribution in [3.05, 3.63) is 47.3 Å². The molecular weight excluding hydrogens is 224 g/mol. The van der Waals surface area contributed by atoms with Crippen molar-refractivity contribution in [3.63, 3.8) is 0 Å². The Morgan fingerprint density at radius 2 is 2.06 bits per heavy atom. The van der Waals surface area contributed by atoms with E-state index >= 15 is 0 Å². The smallest absolute Gasteiger partial charge is 0.185 e. The van der Waals surface area contributed by atoms with Crippen molar-refractivity contribution in [3.8, 4) is 6.07 Å². The van der Waals surface area contributed by atoms with Crippen LogP contribution < -0.4 is 0 Å². The van der Waals surface area contributed by atoms with Crippen LogP contribution in [0.4, 0.5) is 0 Å². The summed E-state index contributed by atoms with van der Waals surface area (Å²) >= 11 is 0. The third-order valence-electron chi connectivity index (χ3n) is 2.96. The lowest BCUT2D eigenvalue weighted by atomic mass is 10.1. The molecule has 1 aromatic carbocycles. The van der Waals surface area contributed by atoms with Gasteiger partial charge in [0.1, 0.15) is 6.07 Å². The highest BCUT2D eigenvalue weighted by atomic mass is 15.4. The van der Waals surface area contributed by atoms with Crippen LogP contribution in [0.3, 0.4) is 0 Å². The van der Waals surface area contributed by atoms with Gasteiger partial charge < -0.3 is 0 Å². The minimum Gasteiger partial charge on any atom is -0.248 e. The summed E-state index contributed by atoms with van der Waals surface area (Å²) in [6, 6.07) is 12.5. The summed E-state index contributed by atoms with van der Waals surface area (Å²) in [5.41, 5.74) is 2.72. The first-order valence-corrected chi connectivity index (χ1v) is 6.21. The van der Waals surface area contributed by atoms with Crippen LogP contribution in [0.25, 0.3) is 0 Å². The van der Waals surface area contributed by atoms with Gasteiger partial charge in [0.2, 0.25) is 0 Å². The van der Waals surface area contributed by atoms with E-state index in [-0.39, 0.29) is 0 Å². The average molecular weight is 240 g/mol. The Bertz CT molecular complexity index is 537. The van der Waals surface area contributed by atoms with Gasteiger partial charge in [-0.3, -0.25) is 0 Å². The molecule has 0 aliphatic rings. The molecule has 0 spiro atoms. The van der Waals surface area contributed by atoms with Crippen molar-refractivity contribution in [2.24, 2.45) is 0 Å². The molecule has 0 aliphatic heterocycles. The van der Waals surface area contributed by atoms with E-state index < -0.39 is 0 Å². The van der Waals surface area contributed by atoms with Crippen LogP contribution in [0.5, 0.6) is 0 Å². The van der Waals surface area contributed by atoms with Gasteiger partial charge in [0.15, 0.2) is 5.69 Å². The molecule has 0 saturated carbocycles. The molecule has 1 aromatic heterocycles. The molecule has 0 amide bonds. The fraction of sp³-hybridized carbons (Fsp3) is 0.357. The topological polar surface area (TPSA) is 54.5 Å². The summed E-state index contributed by atoms with van der Waals surface area (Å²) < 4.78 is 1.85. The van der Waals surface area contributed by atoms with E-state index in [1.54, 1.807) is 0 Å². The molecule has 1 heterocycles. The van der Waals surface area contributed by atoms with Crippen molar-refractivity contribution < 1.29 is 0 Å². The molecule has 0 fully saturated rings. The zero-order valence-corrected chi connectivity index (χ0v) is 10.5. The number of hydrogen-bond donors (Lipinski definition) is 0. The predicted octanol–water partition coefficient (Wildman–Crippen LogP) is 2.34. The molecule has 0 radical (unpaired) electrons. The Kier molecular flexibility index (Phi) is 4.08. The first-order chi connectivity index (χ1) is 8.85. The molecule has 18 heavy (non-hydrogen) atoms. The molecule has 0 unspecified atom stereocenters. The minimum atomic E-state index is 0.456. The van der Waals surface area contributed by atoms with Gasteiger partial charge in [0, 0.05) is 6.54 Å². The molecule has 92 valence electrons. The van der Waals surface area contributed by atoms with Gasteiger partial charge in [-0.15, -0.1) is 5.10 Å². The molecular formula is C14H16N4. The van der Waals surface area contributed by atoms with E-state index in [1.165, 1.54) is 5.56 Å². The highest BCUT2D eigenvalue weighted by Gasteiger charge is 2.09. The number of nitriles is 1. The second-order valence-electron chi connectivity index (χ2n) is 4.16. The first-order valence-electron chi connectivity index (χ1n) is 6.21. The van der Waals surface area contributed by atoms with Gasteiger partial charge in [-0.2, -0.15) is 5.26 Å². The second-order valence-corrected chi connectivity index (χ2v) is 4.16. The highest BCUT2D eigenvalue weighted by Crippen LogP contribution is 2.08. The molecule has 0 saturated heterocycles. The quantitative estimate of drug-likeness (QED) is 0.806. The summed E-state index contributed by atoms with van der Waals surface area (Å²) in [6.45, 7) is 2.83. The number of hydrogen-bond acceptors (Lipinski definition) is 3. The maximum Gasteiger partial charge on any atom is 0.185 e. The van der Waals surface area contributed by atoms with E-state index in [2.05, 4.69) is 40.6 Å². The van der Waals surface area contributed by atoms with Gasteiger partial charge in [-0.05, 0) is 24.8 Å². The lowest BCUT2D eigenvalue weighted by Gasteiger charge is -2.04.